The molecular formula is C25H28N2O9. The van der Waals surface area contributed by atoms with Crippen molar-refractivity contribution in [1.29, 1.82) is 0 Å². The van der Waals surface area contributed by atoms with Crippen LogP contribution in [0.3, 0.4) is 0 Å². The van der Waals surface area contributed by atoms with Crippen molar-refractivity contribution in [3.63, 3.8) is 0 Å². The Morgan fingerprint density at radius 1 is 1.28 bits per heavy atom. The molecule has 4 N–H and O–H groups in total. The topological polar surface area (TPSA) is 167 Å². The van der Waals surface area contributed by atoms with Crippen LogP contribution in [0.4, 0.5) is 0 Å². The average Bonchev–Trinajstić information content (AvgIpc) is 3.52. The molecule has 5 rings (SSSR count). The van der Waals surface area contributed by atoms with Crippen molar-refractivity contribution in [3.05, 3.63) is 45.5 Å². The number of nitrogens with one attached hydrogen (secondary N) is 1. The highest BCUT2D eigenvalue weighted by Crippen LogP contribution is 2.50. The van der Waals surface area contributed by atoms with Gasteiger partial charge in [0.05, 0.1) is 30.2 Å². The predicted octanol–water partition coefficient (Wildman–Crippen LogP) is 1.98. The number of unbranched alkanes of at least 4 members (excludes halogenated alkanes) is 1. The molecule has 2 unspecified atom stereocenters. The second-order valence-electron chi connectivity index (χ2n) is 8.71. The van der Waals surface area contributed by atoms with Crippen molar-refractivity contribution in [2.24, 2.45) is 5.73 Å². The maximum Gasteiger partial charge on any atom is 0.347 e. The van der Waals surface area contributed by atoms with Crippen LogP contribution in [0.1, 0.15) is 60.0 Å². The number of hydrogen-bond acceptors (Lipinski definition) is 9. The summed E-state index contributed by atoms with van der Waals surface area (Å²) in [5.74, 6) is -0.487. The minimum absolute atomic E-state index is 0.128. The third-order valence-electron chi connectivity index (χ3n) is 6.34. The first-order chi connectivity index (χ1) is 17.3. The van der Waals surface area contributed by atoms with Gasteiger partial charge in [0.1, 0.15) is 28.7 Å². The number of Topliss-reactive ketones (excluding diaryl/α,β-unsaturated/α-hetero) is 1. The maximum absolute atomic E-state index is 12.3. The summed E-state index contributed by atoms with van der Waals surface area (Å²) in [5, 5.41) is 11.7. The van der Waals surface area contributed by atoms with E-state index in [4.69, 9.17) is 29.5 Å². The summed E-state index contributed by atoms with van der Waals surface area (Å²) < 4.78 is 22.2. The fourth-order valence-corrected chi connectivity index (χ4v) is 4.72. The maximum atomic E-state index is 12.3. The number of carboxylic acid groups (broad SMARTS) is 1. The van der Waals surface area contributed by atoms with Crippen LogP contribution in [0.2, 0.25) is 0 Å². The van der Waals surface area contributed by atoms with Gasteiger partial charge in [0.25, 0.3) is 6.29 Å². The van der Waals surface area contributed by atoms with Gasteiger partial charge in [-0.25, -0.2) is 9.59 Å². The molecule has 3 atom stereocenters. The van der Waals surface area contributed by atoms with Gasteiger partial charge in [0, 0.05) is 19.4 Å². The number of ketones is 1. The summed E-state index contributed by atoms with van der Waals surface area (Å²) in [5.41, 5.74) is 6.75. The molecule has 2 aliphatic heterocycles. The van der Waals surface area contributed by atoms with Gasteiger partial charge in [-0.2, -0.15) is 0 Å². The molecule has 1 aromatic heterocycles. The summed E-state index contributed by atoms with van der Waals surface area (Å²) in [7, 11) is 1.54. The number of hydrogen-bond donors (Lipinski definition) is 3. The van der Waals surface area contributed by atoms with Crippen LogP contribution in [-0.2, 0) is 20.7 Å². The van der Waals surface area contributed by atoms with E-state index < -0.39 is 23.9 Å². The highest BCUT2D eigenvalue weighted by molar-refractivity contribution is 6.06. The first-order valence-electron chi connectivity index (χ1n) is 11.7. The smallest absolute Gasteiger partial charge is 0.347 e. The second kappa shape index (κ2) is 10.4. The molecule has 3 heterocycles. The summed E-state index contributed by atoms with van der Waals surface area (Å²) >= 11 is 0. The van der Waals surface area contributed by atoms with Gasteiger partial charge in [-0.15, -0.1) is 0 Å². The number of methoxy groups -OCH3 is 1. The molecule has 0 fully saturated rings. The van der Waals surface area contributed by atoms with Gasteiger partial charge in [-0.3, -0.25) is 9.59 Å². The van der Waals surface area contributed by atoms with E-state index in [-0.39, 0.29) is 23.2 Å². The van der Waals surface area contributed by atoms with Gasteiger partial charge in [0.15, 0.2) is 5.78 Å². The van der Waals surface area contributed by atoms with Crippen LogP contribution in [0.25, 0.3) is 11.0 Å². The molecule has 1 aliphatic carbocycles. The third-order valence-corrected chi connectivity index (χ3v) is 6.34. The number of rotatable bonds is 7. The van der Waals surface area contributed by atoms with E-state index in [9.17, 15) is 19.2 Å². The number of carbonyl (C=O) groups excluding carboxylic acids is 2. The van der Waals surface area contributed by atoms with E-state index in [2.05, 4.69) is 5.32 Å². The zero-order valence-electron chi connectivity index (χ0n) is 20.0. The molecule has 11 nitrogen and oxygen atoms in total. The van der Waals surface area contributed by atoms with E-state index in [0.717, 1.165) is 12.0 Å². The molecule has 1 amide bonds. The standard InChI is InChI=1S/C17H12O6.C8H16N2O3/c1-20-10-6-11-14(8-4-5-21-17(8)22-11)15-13(10)7-2-3-9(18)12(7)16(19)23-15;1-6(11)10-7(8(12)13)4-2-3-5-9/h4-6,8,17H,2-3H2,1H3;7H,2-5,9H2,1H3,(H,10,11)(H,12,13)/t;7-/m.0/s1. The molecule has 0 radical (unpaired) electrons. The van der Waals surface area contributed by atoms with Crippen molar-refractivity contribution in [2.45, 2.75) is 57.3 Å². The second-order valence-corrected chi connectivity index (χ2v) is 8.71. The van der Waals surface area contributed by atoms with E-state index in [1.165, 1.54) is 6.92 Å². The minimum Gasteiger partial charge on any atom is -0.496 e. The number of fused-ring (bicyclic) bond motifs is 7. The normalized spacial score (nSPS) is 19.4. The molecule has 11 heteroatoms. The van der Waals surface area contributed by atoms with Crippen molar-refractivity contribution < 1.29 is 38.1 Å². The summed E-state index contributed by atoms with van der Waals surface area (Å²) in [6.07, 6.45) is 5.80. The highest BCUT2D eigenvalue weighted by Gasteiger charge is 2.41. The van der Waals surface area contributed by atoms with Crippen molar-refractivity contribution in [3.8, 4) is 11.5 Å². The zero-order chi connectivity index (χ0) is 26.0. The first kappa shape index (κ1) is 25.2. The van der Waals surface area contributed by atoms with Gasteiger partial charge in [-0.05, 0) is 43.9 Å². The quantitative estimate of drug-likeness (QED) is 0.378. The number of nitrogens with two attached hydrogens (primary N) is 1. The fourth-order valence-electron chi connectivity index (χ4n) is 4.72. The first-order valence-corrected chi connectivity index (χ1v) is 11.7. The number of aryl methyl sites for hydroxylation is 1. The Morgan fingerprint density at radius 2 is 2.06 bits per heavy atom. The number of amides is 1. The molecule has 2 aromatic rings. The van der Waals surface area contributed by atoms with E-state index in [1.54, 1.807) is 19.4 Å². The molecule has 192 valence electrons. The predicted molar refractivity (Wildman–Crippen MR) is 127 cm³/mol. The number of carboxylic acids is 1. The van der Waals surface area contributed by atoms with Gasteiger partial charge in [-0.1, -0.05) is 0 Å². The van der Waals surface area contributed by atoms with Crippen LogP contribution in [0, 0.1) is 0 Å². The minimum atomic E-state index is -0.993. The number of carbonyl (C=O) groups is 3. The van der Waals surface area contributed by atoms with Crippen LogP contribution in [0.5, 0.6) is 11.5 Å². The molecule has 36 heavy (non-hydrogen) atoms. The van der Waals surface area contributed by atoms with Crippen LogP contribution >= 0.6 is 0 Å². The lowest BCUT2D eigenvalue weighted by molar-refractivity contribution is -0.141. The Labute approximate surface area is 206 Å². The Kier molecular flexibility index (Phi) is 7.30. The SMILES string of the molecule is CC(=O)N[C@@H](CCCCN)C(=O)O.COc1cc2c(c3oc(=O)c4c(c13)CCC4=O)C1C=COC1O2. The number of ether oxygens (including phenoxy) is 3. The zero-order valence-corrected chi connectivity index (χ0v) is 20.0. The number of benzene rings is 1. The average molecular weight is 501 g/mol. The summed E-state index contributed by atoms with van der Waals surface area (Å²) in [6, 6.07) is 1.00. The Hall–Kier alpha value is -3.86. The Bertz CT molecular complexity index is 1300. The largest absolute Gasteiger partial charge is 0.496 e. The van der Waals surface area contributed by atoms with Crippen molar-refractivity contribution in [2.75, 3.05) is 13.7 Å². The van der Waals surface area contributed by atoms with Crippen molar-refractivity contribution >= 4 is 28.6 Å². The molecule has 0 bridgehead atoms. The Balaban J connectivity index is 0.000000203. The summed E-state index contributed by atoms with van der Waals surface area (Å²) in [4.78, 5) is 45.5. The molecule has 1 aromatic carbocycles. The van der Waals surface area contributed by atoms with Gasteiger partial charge < -0.3 is 34.8 Å². The lowest BCUT2D eigenvalue weighted by Crippen LogP contribution is -2.39. The molecule has 0 spiro atoms. The summed E-state index contributed by atoms with van der Waals surface area (Å²) in [6.45, 7) is 1.85. The van der Waals surface area contributed by atoms with Crippen LogP contribution in [0.15, 0.2) is 27.6 Å². The lowest BCUT2D eigenvalue weighted by atomic mass is 9.95. The Morgan fingerprint density at radius 3 is 2.72 bits per heavy atom. The van der Waals surface area contributed by atoms with Crippen LogP contribution < -0.4 is 26.1 Å². The lowest BCUT2D eigenvalue weighted by Gasteiger charge is -2.12. The van der Waals surface area contributed by atoms with E-state index >= 15 is 0 Å². The molecular weight excluding hydrogens is 472 g/mol. The molecule has 0 saturated carbocycles. The molecule has 3 aliphatic rings. The van der Waals surface area contributed by atoms with E-state index in [1.807, 2.05) is 6.08 Å². The highest BCUT2D eigenvalue weighted by atomic mass is 16.7. The monoisotopic (exact) mass is 500 g/mol. The van der Waals surface area contributed by atoms with Gasteiger partial charge in [0.2, 0.25) is 5.91 Å². The van der Waals surface area contributed by atoms with E-state index in [0.29, 0.717) is 60.3 Å². The fraction of sp³-hybridized carbons (Fsp3) is 0.440. The van der Waals surface area contributed by atoms with Crippen molar-refractivity contribution in [1.82, 2.24) is 5.32 Å². The van der Waals surface area contributed by atoms with Crippen LogP contribution in [-0.4, -0.2) is 48.8 Å². The number of aliphatic carboxylic acids is 1. The van der Waals surface area contributed by atoms with Gasteiger partial charge >= 0.3 is 11.6 Å². The third kappa shape index (κ3) is 4.66. The molecule has 0 saturated heterocycles.